The lowest BCUT2D eigenvalue weighted by Crippen LogP contribution is -2.45. The van der Waals surface area contributed by atoms with E-state index in [1.165, 1.54) is 0 Å². The van der Waals surface area contributed by atoms with Crippen LogP contribution < -0.4 is 4.74 Å². The van der Waals surface area contributed by atoms with Gasteiger partial charge in [0, 0.05) is 16.6 Å². The fourth-order valence-electron chi connectivity index (χ4n) is 3.56. The number of sulfone groups is 1. The molecule has 2 fully saturated rings. The lowest BCUT2D eigenvalue weighted by molar-refractivity contribution is -0.135. The van der Waals surface area contributed by atoms with Crippen LogP contribution in [0, 0.1) is 0 Å². The molecule has 1 heterocycles. The summed E-state index contributed by atoms with van der Waals surface area (Å²) >= 11 is 3.45. The Kier molecular flexibility index (Phi) is 4.69. The molecule has 1 aliphatic carbocycles. The third-order valence-corrected chi connectivity index (χ3v) is 7.21. The minimum absolute atomic E-state index is 0.0604. The number of carbonyl (C=O) groups excluding carboxylic acids is 1. The molecule has 1 aliphatic heterocycles. The largest absolute Gasteiger partial charge is 0.484 e. The number of ether oxygens (including phenoxy) is 1. The highest BCUT2D eigenvalue weighted by molar-refractivity contribution is 9.10. The first-order chi connectivity index (χ1) is 12.4. The topological polar surface area (TPSA) is 63.7 Å². The summed E-state index contributed by atoms with van der Waals surface area (Å²) < 4.78 is 30.3. The molecule has 1 unspecified atom stereocenters. The van der Waals surface area contributed by atoms with Crippen LogP contribution in [-0.4, -0.2) is 49.4 Å². The summed E-state index contributed by atoms with van der Waals surface area (Å²) in [6.45, 7) is -0.0604. The maximum atomic E-state index is 12.7. The highest BCUT2D eigenvalue weighted by Crippen LogP contribution is 2.32. The van der Waals surface area contributed by atoms with Crippen molar-refractivity contribution in [3.05, 3.63) is 40.9 Å². The van der Waals surface area contributed by atoms with Crippen molar-refractivity contribution < 1.29 is 17.9 Å². The first-order valence-corrected chi connectivity index (χ1v) is 11.4. The van der Waals surface area contributed by atoms with E-state index >= 15 is 0 Å². The standard InChI is InChI=1S/C19H20BrNO4S/c20-15-3-1-14-10-18(6-2-13(14)9-15)25-11-19(22)21(16-4-5-16)17-7-8-26(23,24)12-17/h1-3,6,9-10,16-17H,4-5,7-8,11-12H2. The molecule has 138 valence electrons. The third kappa shape index (κ3) is 3.88. The number of halogens is 1. The molecule has 0 aromatic heterocycles. The van der Waals surface area contributed by atoms with Gasteiger partial charge in [-0.3, -0.25) is 4.79 Å². The molecule has 1 saturated heterocycles. The van der Waals surface area contributed by atoms with E-state index in [2.05, 4.69) is 15.9 Å². The fraction of sp³-hybridized carbons (Fsp3) is 0.421. The molecular formula is C19H20BrNO4S. The Balaban J connectivity index is 1.44. The fourth-order valence-corrected chi connectivity index (χ4v) is 5.65. The average Bonchev–Trinajstić information content (AvgIpc) is 3.36. The van der Waals surface area contributed by atoms with E-state index in [0.29, 0.717) is 12.2 Å². The summed E-state index contributed by atoms with van der Waals surface area (Å²) in [6.07, 6.45) is 2.44. The molecule has 0 bridgehead atoms. The Bertz CT molecular complexity index is 955. The lowest BCUT2D eigenvalue weighted by atomic mass is 10.1. The number of benzene rings is 2. The van der Waals surface area contributed by atoms with Crippen molar-refractivity contribution in [2.45, 2.75) is 31.3 Å². The van der Waals surface area contributed by atoms with E-state index in [0.717, 1.165) is 28.1 Å². The van der Waals surface area contributed by atoms with Crippen molar-refractivity contribution in [2.24, 2.45) is 0 Å². The van der Waals surface area contributed by atoms with Gasteiger partial charge in [-0.05, 0) is 54.3 Å². The molecule has 2 aromatic rings. The number of carbonyl (C=O) groups is 1. The van der Waals surface area contributed by atoms with E-state index in [-0.39, 0.29) is 36.1 Å². The maximum Gasteiger partial charge on any atom is 0.261 e. The van der Waals surface area contributed by atoms with Gasteiger partial charge in [-0.1, -0.05) is 28.1 Å². The molecule has 7 heteroatoms. The monoisotopic (exact) mass is 437 g/mol. The number of rotatable bonds is 5. The van der Waals surface area contributed by atoms with Crippen molar-refractivity contribution in [1.29, 1.82) is 0 Å². The van der Waals surface area contributed by atoms with Crippen LogP contribution in [0.3, 0.4) is 0 Å². The minimum atomic E-state index is -3.01. The van der Waals surface area contributed by atoms with Gasteiger partial charge in [0.2, 0.25) is 0 Å². The molecule has 2 aromatic carbocycles. The van der Waals surface area contributed by atoms with Crippen LogP contribution in [-0.2, 0) is 14.6 Å². The molecule has 2 aliphatic rings. The number of nitrogens with zero attached hydrogens (tertiary/aromatic N) is 1. The van der Waals surface area contributed by atoms with Crippen LogP contribution in [0.1, 0.15) is 19.3 Å². The first-order valence-electron chi connectivity index (χ1n) is 8.75. The summed E-state index contributed by atoms with van der Waals surface area (Å²) in [6, 6.07) is 11.7. The summed E-state index contributed by atoms with van der Waals surface area (Å²) in [5.74, 6) is 0.781. The first kappa shape index (κ1) is 17.8. The van der Waals surface area contributed by atoms with E-state index in [1.807, 2.05) is 36.4 Å². The Morgan fingerprint density at radius 2 is 1.81 bits per heavy atom. The highest BCUT2D eigenvalue weighted by atomic mass is 79.9. The van der Waals surface area contributed by atoms with Crippen molar-refractivity contribution in [2.75, 3.05) is 18.1 Å². The van der Waals surface area contributed by atoms with Crippen LogP contribution in [0.4, 0.5) is 0 Å². The van der Waals surface area contributed by atoms with Gasteiger partial charge in [0.25, 0.3) is 5.91 Å². The Morgan fingerprint density at radius 1 is 1.08 bits per heavy atom. The number of hydrogen-bond acceptors (Lipinski definition) is 4. The predicted molar refractivity (Wildman–Crippen MR) is 104 cm³/mol. The molecule has 26 heavy (non-hydrogen) atoms. The van der Waals surface area contributed by atoms with Crippen molar-refractivity contribution in [3.63, 3.8) is 0 Å². The molecule has 1 atom stereocenters. The number of fused-ring (bicyclic) bond motifs is 1. The quantitative estimate of drug-likeness (QED) is 0.720. The molecular weight excluding hydrogens is 418 g/mol. The van der Waals surface area contributed by atoms with Gasteiger partial charge in [0.05, 0.1) is 11.5 Å². The molecule has 1 amide bonds. The molecule has 0 N–H and O–H groups in total. The summed E-state index contributed by atoms with van der Waals surface area (Å²) in [5.41, 5.74) is 0. The molecule has 1 saturated carbocycles. The zero-order valence-electron chi connectivity index (χ0n) is 14.2. The zero-order valence-corrected chi connectivity index (χ0v) is 16.6. The Morgan fingerprint density at radius 3 is 2.50 bits per heavy atom. The second-order valence-electron chi connectivity index (χ2n) is 7.03. The van der Waals surface area contributed by atoms with Gasteiger partial charge >= 0.3 is 0 Å². The summed E-state index contributed by atoms with van der Waals surface area (Å²) in [7, 11) is -3.01. The second-order valence-corrected chi connectivity index (χ2v) is 10.2. The van der Waals surface area contributed by atoms with Gasteiger partial charge < -0.3 is 9.64 Å². The van der Waals surface area contributed by atoms with E-state index in [9.17, 15) is 13.2 Å². The normalized spacial score (nSPS) is 21.7. The SMILES string of the molecule is O=C(COc1ccc2cc(Br)ccc2c1)N(C1CC1)C1CCS(=O)(=O)C1. The van der Waals surface area contributed by atoms with Gasteiger partial charge in [0.15, 0.2) is 16.4 Å². The van der Waals surface area contributed by atoms with Crippen LogP contribution in [0.2, 0.25) is 0 Å². The van der Waals surface area contributed by atoms with E-state index in [4.69, 9.17) is 4.74 Å². The molecule has 0 spiro atoms. The van der Waals surface area contributed by atoms with E-state index < -0.39 is 9.84 Å². The van der Waals surface area contributed by atoms with Gasteiger partial charge in [-0.2, -0.15) is 0 Å². The van der Waals surface area contributed by atoms with Crippen LogP contribution in [0.5, 0.6) is 5.75 Å². The third-order valence-electron chi connectivity index (χ3n) is 4.97. The van der Waals surface area contributed by atoms with Gasteiger partial charge in [0.1, 0.15) is 5.75 Å². The molecule has 4 rings (SSSR count). The zero-order chi connectivity index (χ0) is 18.3. The Labute approximate surface area is 161 Å². The highest BCUT2D eigenvalue weighted by Gasteiger charge is 2.42. The van der Waals surface area contributed by atoms with Gasteiger partial charge in [-0.15, -0.1) is 0 Å². The maximum absolute atomic E-state index is 12.7. The Hall–Kier alpha value is -1.60. The summed E-state index contributed by atoms with van der Waals surface area (Å²) in [5, 5.41) is 2.13. The van der Waals surface area contributed by atoms with Crippen molar-refractivity contribution >= 4 is 42.4 Å². The average molecular weight is 438 g/mol. The summed E-state index contributed by atoms with van der Waals surface area (Å²) in [4.78, 5) is 14.5. The van der Waals surface area contributed by atoms with Crippen molar-refractivity contribution in [3.8, 4) is 5.75 Å². The predicted octanol–water partition coefficient (Wildman–Crippen LogP) is 3.16. The smallest absolute Gasteiger partial charge is 0.261 e. The van der Waals surface area contributed by atoms with Gasteiger partial charge in [-0.25, -0.2) is 8.42 Å². The minimum Gasteiger partial charge on any atom is -0.484 e. The van der Waals surface area contributed by atoms with Crippen LogP contribution in [0.15, 0.2) is 40.9 Å². The van der Waals surface area contributed by atoms with Crippen molar-refractivity contribution in [1.82, 2.24) is 4.90 Å². The number of amides is 1. The van der Waals surface area contributed by atoms with Crippen LogP contribution in [0.25, 0.3) is 10.8 Å². The number of hydrogen-bond donors (Lipinski definition) is 0. The van der Waals surface area contributed by atoms with E-state index in [1.54, 1.807) is 4.90 Å². The van der Waals surface area contributed by atoms with Crippen LogP contribution >= 0.6 is 15.9 Å². The second kappa shape index (κ2) is 6.85. The molecule has 0 radical (unpaired) electrons. The molecule has 5 nitrogen and oxygen atoms in total. The lowest BCUT2D eigenvalue weighted by Gasteiger charge is -2.28.